The Kier molecular flexibility index (Phi) is 3.37. The number of hydrogen-bond donors (Lipinski definition) is 1. The first-order valence-corrected chi connectivity index (χ1v) is 7.65. The lowest BCUT2D eigenvalue weighted by molar-refractivity contribution is 0.230. The molecule has 2 aromatic heterocycles. The van der Waals surface area contributed by atoms with Gasteiger partial charge in [0.25, 0.3) is 5.89 Å². The monoisotopic (exact) mass is 297 g/mol. The maximum atomic E-state index is 6.43. The molecule has 0 unspecified atom stereocenters. The van der Waals surface area contributed by atoms with Crippen molar-refractivity contribution in [1.29, 1.82) is 0 Å². The predicted octanol–water partition coefficient (Wildman–Crippen LogP) is 3.82. The second-order valence-corrected chi connectivity index (χ2v) is 7.08. The van der Waals surface area contributed by atoms with E-state index in [4.69, 9.17) is 21.9 Å². The lowest BCUT2D eigenvalue weighted by Crippen LogP contribution is -2.41. The van der Waals surface area contributed by atoms with Crippen LogP contribution in [0.4, 0.5) is 0 Å². The van der Waals surface area contributed by atoms with Crippen LogP contribution in [0.15, 0.2) is 16.7 Å². The van der Waals surface area contributed by atoms with Crippen LogP contribution in [0.5, 0.6) is 0 Å². The van der Waals surface area contributed by atoms with Crippen LogP contribution in [-0.4, -0.2) is 10.1 Å². The summed E-state index contributed by atoms with van der Waals surface area (Å²) in [5.41, 5.74) is 6.00. The van der Waals surface area contributed by atoms with Gasteiger partial charge in [-0.2, -0.15) is 4.98 Å². The van der Waals surface area contributed by atoms with E-state index in [1.54, 1.807) is 0 Å². The summed E-state index contributed by atoms with van der Waals surface area (Å²) in [6.45, 7) is 2.26. The number of nitrogens with zero attached hydrogens (tertiary/aromatic N) is 2. The smallest absolute Gasteiger partial charge is 0.268 e. The number of nitrogens with two attached hydrogens (primary N) is 1. The van der Waals surface area contributed by atoms with E-state index in [-0.39, 0.29) is 0 Å². The van der Waals surface area contributed by atoms with Crippen molar-refractivity contribution in [3.8, 4) is 10.8 Å². The quantitative estimate of drug-likeness (QED) is 0.915. The van der Waals surface area contributed by atoms with E-state index in [0.29, 0.717) is 16.1 Å². The molecule has 0 aromatic carbocycles. The van der Waals surface area contributed by atoms with Gasteiger partial charge in [-0.05, 0) is 43.7 Å². The maximum Gasteiger partial charge on any atom is 0.268 e. The summed E-state index contributed by atoms with van der Waals surface area (Å²) < 4.78 is 6.03. The molecule has 1 saturated carbocycles. The average Bonchev–Trinajstić information content (AvgIpc) is 3.02. The topological polar surface area (TPSA) is 64.9 Å². The van der Waals surface area contributed by atoms with Crippen LogP contribution >= 0.6 is 22.9 Å². The van der Waals surface area contributed by atoms with Crippen molar-refractivity contribution in [2.45, 2.75) is 38.1 Å². The summed E-state index contributed by atoms with van der Waals surface area (Å²) in [4.78, 5) is 5.35. The van der Waals surface area contributed by atoms with Crippen LogP contribution in [0.25, 0.3) is 10.8 Å². The van der Waals surface area contributed by atoms with E-state index in [2.05, 4.69) is 17.1 Å². The molecular formula is C13H16ClN3OS. The molecule has 0 atom stereocenters. The van der Waals surface area contributed by atoms with E-state index in [9.17, 15) is 0 Å². The normalized spacial score (nSPS) is 27.6. The second-order valence-electron chi connectivity index (χ2n) is 5.37. The Morgan fingerprint density at radius 2 is 2.16 bits per heavy atom. The summed E-state index contributed by atoms with van der Waals surface area (Å²) in [5, 5.41) is 4.07. The fourth-order valence-corrected chi connectivity index (χ4v) is 3.42. The van der Waals surface area contributed by atoms with Crippen LogP contribution in [0, 0.1) is 5.92 Å². The van der Waals surface area contributed by atoms with Gasteiger partial charge in [0.2, 0.25) is 0 Å². The zero-order valence-electron chi connectivity index (χ0n) is 10.7. The first-order valence-electron chi connectivity index (χ1n) is 6.46. The molecule has 1 aliphatic rings. The minimum absolute atomic E-state index is 0.435. The van der Waals surface area contributed by atoms with Crippen molar-refractivity contribution in [3.63, 3.8) is 0 Å². The molecule has 1 aliphatic carbocycles. The van der Waals surface area contributed by atoms with E-state index in [1.807, 2.05) is 12.1 Å². The largest absolute Gasteiger partial charge is 0.333 e. The number of hydrogen-bond acceptors (Lipinski definition) is 5. The van der Waals surface area contributed by atoms with Crippen LogP contribution in [0.2, 0.25) is 4.34 Å². The van der Waals surface area contributed by atoms with Gasteiger partial charge in [0.1, 0.15) is 0 Å². The molecule has 19 heavy (non-hydrogen) atoms. The van der Waals surface area contributed by atoms with Gasteiger partial charge in [0.15, 0.2) is 5.82 Å². The van der Waals surface area contributed by atoms with Crippen LogP contribution < -0.4 is 5.73 Å². The Bertz CT molecular complexity index is 572. The van der Waals surface area contributed by atoms with Crippen LogP contribution in [-0.2, 0) is 5.54 Å². The van der Waals surface area contributed by atoms with E-state index < -0.39 is 5.54 Å². The summed E-state index contributed by atoms with van der Waals surface area (Å²) in [5.74, 6) is 1.87. The van der Waals surface area contributed by atoms with Crippen LogP contribution in [0.3, 0.4) is 0 Å². The molecule has 2 N–H and O–H groups in total. The maximum absolute atomic E-state index is 6.43. The summed E-state index contributed by atoms with van der Waals surface area (Å²) in [6.07, 6.45) is 4.06. The number of halogens is 1. The summed E-state index contributed by atoms with van der Waals surface area (Å²) in [6, 6.07) is 3.71. The fraction of sp³-hybridized carbons (Fsp3) is 0.538. The van der Waals surface area contributed by atoms with Gasteiger partial charge in [0, 0.05) is 0 Å². The molecular weight excluding hydrogens is 282 g/mol. The zero-order valence-corrected chi connectivity index (χ0v) is 12.3. The molecule has 0 bridgehead atoms. The molecule has 0 saturated heterocycles. The molecule has 0 spiro atoms. The highest BCUT2D eigenvalue weighted by molar-refractivity contribution is 7.19. The van der Waals surface area contributed by atoms with Crippen molar-refractivity contribution in [2.75, 3.05) is 0 Å². The molecule has 102 valence electrons. The summed E-state index contributed by atoms with van der Waals surface area (Å²) in [7, 11) is 0. The van der Waals surface area contributed by atoms with Gasteiger partial charge >= 0.3 is 0 Å². The molecule has 2 heterocycles. The minimum Gasteiger partial charge on any atom is -0.333 e. The average molecular weight is 298 g/mol. The van der Waals surface area contributed by atoms with Crippen molar-refractivity contribution in [3.05, 3.63) is 22.3 Å². The first-order chi connectivity index (χ1) is 9.07. The Morgan fingerprint density at radius 3 is 2.79 bits per heavy atom. The van der Waals surface area contributed by atoms with Gasteiger partial charge in [-0.1, -0.05) is 23.7 Å². The first kappa shape index (κ1) is 13.1. The molecule has 1 fully saturated rings. The highest BCUT2D eigenvalue weighted by atomic mass is 35.5. The Morgan fingerprint density at radius 1 is 1.42 bits per heavy atom. The molecule has 4 nitrogen and oxygen atoms in total. The number of aromatic nitrogens is 2. The van der Waals surface area contributed by atoms with E-state index in [1.165, 1.54) is 11.3 Å². The molecule has 2 aromatic rings. The van der Waals surface area contributed by atoms with Gasteiger partial charge in [0.05, 0.1) is 14.8 Å². The van der Waals surface area contributed by atoms with E-state index >= 15 is 0 Å². The SMILES string of the molecule is CC1CCC(N)(c2noc(-c3ccc(Cl)s3)n2)CC1. The highest BCUT2D eigenvalue weighted by Gasteiger charge is 2.36. The molecule has 0 aliphatic heterocycles. The summed E-state index contributed by atoms with van der Waals surface area (Å²) >= 11 is 7.34. The van der Waals surface area contributed by atoms with Crippen molar-refractivity contribution in [2.24, 2.45) is 11.7 Å². The third-order valence-corrected chi connectivity index (χ3v) is 5.04. The zero-order chi connectivity index (χ0) is 13.5. The van der Waals surface area contributed by atoms with Crippen molar-refractivity contribution < 1.29 is 4.52 Å². The standard InChI is InChI=1S/C13H16ClN3OS/c1-8-4-6-13(15,7-5-8)12-16-11(18-17-12)9-2-3-10(14)19-9/h2-3,8H,4-7,15H2,1H3. The van der Waals surface area contributed by atoms with Gasteiger partial charge < -0.3 is 10.3 Å². The van der Waals surface area contributed by atoms with Gasteiger partial charge in [-0.15, -0.1) is 11.3 Å². The lowest BCUT2D eigenvalue weighted by atomic mass is 9.77. The Hall–Kier alpha value is -0.910. The second kappa shape index (κ2) is 4.89. The number of rotatable bonds is 2. The fourth-order valence-electron chi connectivity index (χ4n) is 2.46. The lowest BCUT2D eigenvalue weighted by Gasteiger charge is -2.33. The third kappa shape index (κ3) is 2.55. The Labute approximate surface area is 121 Å². The highest BCUT2D eigenvalue weighted by Crippen LogP contribution is 2.37. The van der Waals surface area contributed by atoms with Gasteiger partial charge in [-0.25, -0.2) is 0 Å². The van der Waals surface area contributed by atoms with E-state index in [0.717, 1.165) is 36.5 Å². The number of thiophene rings is 1. The van der Waals surface area contributed by atoms with Crippen molar-refractivity contribution in [1.82, 2.24) is 10.1 Å². The molecule has 6 heteroatoms. The predicted molar refractivity (Wildman–Crippen MR) is 76.1 cm³/mol. The van der Waals surface area contributed by atoms with Gasteiger partial charge in [-0.3, -0.25) is 0 Å². The molecule has 0 amide bonds. The Balaban J connectivity index is 1.85. The third-order valence-electron chi connectivity index (χ3n) is 3.82. The molecule has 3 rings (SSSR count). The molecule has 0 radical (unpaired) electrons. The van der Waals surface area contributed by atoms with Crippen LogP contribution in [0.1, 0.15) is 38.4 Å². The minimum atomic E-state index is -0.435. The van der Waals surface area contributed by atoms with Crippen molar-refractivity contribution >= 4 is 22.9 Å².